The van der Waals surface area contributed by atoms with Crippen molar-refractivity contribution in [1.29, 1.82) is 0 Å². The Balaban J connectivity index is 1.18. The molecule has 2 aromatic heterocycles. The normalized spacial score (nSPS) is 12.6. The molecule has 49 heavy (non-hydrogen) atoms. The van der Waals surface area contributed by atoms with E-state index in [2.05, 4.69) is 162 Å². The van der Waals surface area contributed by atoms with Gasteiger partial charge in [0.25, 0.3) is 6.71 Å². The zero-order valence-electron chi connectivity index (χ0n) is 26.8. The van der Waals surface area contributed by atoms with Crippen LogP contribution < -0.4 is 16.4 Å². The molecule has 4 heterocycles. The van der Waals surface area contributed by atoms with E-state index in [0.717, 1.165) is 11.1 Å². The molecule has 0 saturated carbocycles. The van der Waals surface area contributed by atoms with Crippen LogP contribution in [0.4, 0.5) is 0 Å². The summed E-state index contributed by atoms with van der Waals surface area (Å²) in [6.07, 6.45) is 3.79. The van der Waals surface area contributed by atoms with E-state index in [1.165, 1.54) is 93.6 Å². The topological polar surface area (TPSA) is 9.86 Å². The molecule has 0 saturated heterocycles. The molecule has 3 heteroatoms. The minimum absolute atomic E-state index is 0.143. The third kappa shape index (κ3) is 3.46. The zero-order valence-corrected chi connectivity index (χ0v) is 26.8. The Morgan fingerprint density at radius 2 is 0.857 bits per heavy atom. The lowest BCUT2D eigenvalue weighted by atomic mass is 9.34. The molecule has 226 valence electrons. The largest absolute Gasteiger partial charge is 0.310 e. The predicted octanol–water partition coefficient (Wildman–Crippen LogP) is 9.64. The van der Waals surface area contributed by atoms with Crippen molar-refractivity contribution in [3.05, 3.63) is 164 Å². The molecule has 0 amide bonds. The molecule has 2 nitrogen and oxygen atoms in total. The molecule has 2 aliphatic rings. The third-order valence-corrected chi connectivity index (χ3v) is 11.0. The van der Waals surface area contributed by atoms with Crippen molar-refractivity contribution in [2.45, 2.75) is 0 Å². The van der Waals surface area contributed by atoms with E-state index in [0.29, 0.717) is 0 Å². The summed E-state index contributed by atoms with van der Waals surface area (Å²) in [4.78, 5) is 0. The van der Waals surface area contributed by atoms with Crippen LogP contribution in [0.25, 0.3) is 89.4 Å². The number of hydrogen-bond acceptors (Lipinski definition) is 0. The molecule has 0 radical (unpaired) electrons. The molecule has 0 fully saturated rings. The molecular formula is C46H29BN2. The summed E-state index contributed by atoms with van der Waals surface area (Å²) >= 11 is 0. The summed E-state index contributed by atoms with van der Waals surface area (Å²) in [6.45, 7) is 8.00. The van der Waals surface area contributed by atoms with Gasteiger partial charge in [-0.05, 0) is 86.2 Å². The summed E-state index contributed by atoms with van der Waals surface area (Å²) in [5.41, 5.74) is 18.9. The highest BCUT2D eigenvalue weighted by Gasteiger charge is 2.40. The van der Waals surface area contributed by atoms with Crippen LogP contribution in [-0.4, -0.2) is 15.8 Å². The van der Waals surface area contributed by atoms with Crippen LogP contribution >= 0.6 is 0 Å². The number of hydrogen-bond donors (Lipinski definition) is 0. The van der Waals surface area contributed by atoms with Crippen molar-refractivity contribution < 1.29 is 0 Å². The molecule has 0 spiro atoms. The van der Waals surface area contributed by atoms with Gasteiger partial charge in [-0.3, -0.25) is 0 Å². The van der Waals surface area contributed by atoms with Crippen LogP contribution in [0.3, 0.4) is 0 Å². The Labute approximate surface area is 284 Å². The van der Waals surface area contributed by atoms with E-state index < -0.39 is 0 Å². The Morgan fingerprint density at radius 1 is 0.429 bits per heavy atom. The molecule has 0 atom stereocenters. The molecule has 0 N–H and O–H groups in total. The van der Waals surface area contributed by atoms with Gasteiger partial charge in [-0.1, -0.05) is 128 Å². The maximum Gasteiger partial charge on any atom is 0.252 e. The van der Waals surface area contributed by atoms with Gasteiger partial charge < -0.3 is 9.13 Å². The molecule has 11 rings (SSSR count). The lowest BCUT2D eigenvalue weighted by molar-refractivity contribution is 1.14. The van der Waals surface area contributed by atoms with Gasteiger partial charge >= 0.3 is 0 Å². The van der Waals surface area contributed by atoms with Crippen molar-refractivity contribution >= 4 is 78.9 Å². The Kier molecular flexibility index (Phi) is 5.25. The van der Waals surface area contributed by atoms with Gasteiger partial charge in [0.15, 0.2) is 0 Å². The second kappa shape index (κ2) is 9.62. The number of aromatic nitrogens is 2. The van der Waals surface area contributed by atoms with Gasteiger partial charge in [0.2, 0.25) is 0 Å². The van der Waals surface area contributed by atoms with E-state index in [9.17, 15) is 0 Å². The van der Waals surface area contributed by atoms with Crippen molar-refractivity contribution in [3.8, 4) is 33.6 Å². The van der Waals surface area contributed by atoms with E-state index in [-0.39, 0.29) is 6.71 Å². The molecule has 2 aliphatic heterocycles. The molecule has 9 aromatic rings. The van der Waals surface area contributed by atoms with Crippen molar-refractivity contribution in [3.63, 3.8) is 0 Å². The Hall–Kier alpha value is -6.32. The third-order valence-electron chi connectivity index (χ3n) is 11.0. The number of para-hydroxylation sites is 2. The average molecular weight is 621 g/mol. The van der Waals surface area contributed by atoms with Gasteiger partial charge in [0, 0.05) is 44.0 Å². The second-order valence-corrected chi connectivity index (χ2v) is 13.4. The zero-order chi connectivity index (χ0) is 32.4. The SMILES string of the molecule is C=Cc1ccc(-c2ccc3c(c2)c2cccc4c2n3-c2cccc3c2B4c2cccc4c5cc(-c6ccc(C=C)cc6)ccc5n-3c24)cc1. The van der Waals surface area contributed by atoms with Crippen LogP contribution in [0.1, 0.15) is 11.1 Å². The smallest absolute Gasteiger partial charge is 0.252 e. The highest BCUT2D eigenvalue weighted by molar-refractivity contribution is 7.00. The van der Waals surface area contributed by atoms with Crippen molar-refractivity contribution in [2.24, 2.45) is 0 Å². The molecule has 0 aliphatic carbocycles. The first-order valence-electron chi connectivity index (χ1n) is 17.0. The van der Waals surface area contributed by atoms with Crippen LogP contribution in [0.2, 0.25) is 0 Å². The lowest BCUT2D eigenvalue weighted by Gasteiger charge is -2.33. The van der Waals surface area contributed by atoms with Crippen LogP contribution in [0.5, 0.6) is 0 Å². The summed E-state index contributed by atoms with van der Waals surface area (Å²) in [6, 6.07) is 52.0. The second-order valence-electron chi connectivity index (χ2n) is 13.4. The fraction of sp³-hybridized carbons (Fsp3) is 0. The monoisotopic (exact) mass is 620 g/mol. The fourth-order valence-corrected chi connectivity index (χ4v) is 8.85. The predicted molar refractivity (Wildman–Crippen MR) is 211 cm³/mol. The van der Waals surface area contributed by atoms with Crippen molar-refractivity contribution in [2.75, 3.05) is 0 Å². The highest BCUT2D eigenvalue weighted by Crippen LogP contribution is 2.40. The first-order valence-corrected chi connectivity index (χ1v) is 17.0. The standard InChI is InChI=1S/C46H29BN2/c1-3-28-14-18-30(19-15-28)32-22-24-40-36(26-32)34-8-5-10-38-45(34)48(40)42-12-7-13-43-44(42)47(38)39-11-6-9-35-37-27-33(23-25-41(37)49(43)46(35)39)31-20-16-29(4-2)17-21-31/h3-27H,1-2H2. The number of nitrogens with zero attached hydrogens (tertiary/aromatic N) is 2. The van der Waals surface area contributed by atoms with Gasteiger partial charge in [0.1, 0.15) is 0 Å². The van der Waals surface area contributed by atoms with Gasteiger partial charge in [-0.25, -0.2) is 0 Å². The first kappa shape index (κ1) is 26.7. The van der Waals surface area contributed by atoms with E-state index in [4.69, 9.17) is 0 Å². The average Bonchev–Trinajstić information content (AvgIpc) is 3.68. The number of benzene rings is 7. The first-order chi connectivity index (χ1) is 24.2. The number of rotatable bonds is 4. The van der Waals surface area contributed by atoms with E-state index in [1.54, 1.807) is 0 Å². The van der Waals surface area contributed by atoms with Crippen molar-refractivity contribution in [1.82, 2.24) is 9.13 Å². The summed E-state index contributed by atoms with van der Waals surface area (Å²) < 4.78 is 5.06. The van der Waals surface area contributed by atoms with Gasteiger partial charge in [-0.2, -0.15) is 0 Å². The summed E-state index contributed by atoms with van der Waals surface area (Å²) in [7, 11) is 0. The quantitative estimate of drug-likeness (QED) is 0.174. The summed E-state index contributed by atoms with van der Waals surface area (Å²) in [5, 5.41) is 5.18. The number of fused-ring (bicyclic) bond motifs is 10. The highest BCUT2D eigenvalue weighted by atomic mass is 15.0. The molecule has 0 bridgehead atoms. The molecule has 0 unspecified atom stereocenters. The lowest BCUT2D eigenvalue weighted by Crippen LogP contribution is -2.59. The van der Waals surface area contributed by atoms with E-state index in [1.807, 2.05) is 12.2 Å². The van der Waals surface area contributed by atoms with Crippen LogP contribution in [0, 0.1) is 0 Å². The minimum atomic E-state index is 0.143. The Morgan fingerprint density at radius 3 is 1.31 bits per heavy atom. The summed E-state index contributed by atoms with van der Waals surface area (Å²) in [5.74, 6) is 0. The minimum Gasteiger partial charge on any atom is -0.310 e. The van der Waals surface area contributed by atoms with E-state index >= 15 is 0 Å². The molecular weight excluding hydrogens is 591 g/mol. The molecule has 7 aromatic carbocycles. The van der Waals surface area contributed by atoms with Crippen LogP contribution in [0.15, 0.2) is 153 Å². The van der Waals surface area contributed by atoms with Gasteiger partial charge in [0.05, 0.1) is 11.0 Å². The Bertz CT molecular complexity index is 2710. The van der Waals surface area contributed by atoms with Crippen LogP contribution in [-0.2, 0) is 0 Å². The fourth-order valence-electron chi connectivity index (χ4n) is 8.85. The maximum absolute atomic E-state index is 3.93. The maximum atomic E-state index is 3.93. The van der Waals surface area contributed by atoms with Gasteiger partial charge in [-0.15, -0.1) is 0 Å².